The minimum absolute atomic E-state index is 0.139. The molecule has 1 saturated carbocycles. The zero-order chi connectivity index (χ0) is 11.5. The van der Waals surface area contributed by atoms with Crippen LogP contribution in [0.15, 0.2) is 12.3 Å². The topological polar surface area (TPSA) is 91.8 Å². The monoisotopic (exact) mass is 218 g/mol. The van der Waals surface area contributed by atoms with E-state index in [-0.39, 0.29) is 17.1 Å². The molecule has 0 atom stereocenters. The summed E-state index contributed by atoms with van der Waals surface area (Å²) >= 11 is 0. The molecule has 0 unspecified atom stereocenters. The zero-order valence-electron chi connectivity index (χ0n) is 8.51. The maximum absolute atomic E-state index is 10.8. The summed E-state index contributed by atoms with van der Waals surface area (Å²) in [6, 6.07) is 3.07. The van der Waals surface area contributed by atoms with Gasteiger partial charge in [-0.25, -0.2) is 4.98 Å². The molecule has 2 rings (SSSR count). The lowest BCUT2D eigenvalue weighted by molar-refractivity contribution is -0.384. The highest BCUT2D eigenvalue weighted by molar-refractivity contribution is 5.58. The van der Waals surface area contributed by atoms with Crippen LogP contribution in [0.5, 0.6) is 0 Å². The molecule has 0 spiro atoms. The molecular formula is C10H10N4O2. The molecule has 1 N–H and O–H groups in total. The van der Waals surface area contributed by atoms with Gasteiger partial charge in [0.1, 0.15) is 6.07 Å². The lowest BCUT2D eigenvalue weighted by Gasteiger charge is -2.04. The third-order valence-corrected chi connectivity index (χ3v) is 2.45. The summed E-state index contributed by atoms with van der Waals surface area (Å²) in [7, 11) is 0. The van der Waals surface area contributed by atoms with Gasteiger partial charge in [-0.05, 0) is 18.8 Å². The molecule has 0 bridgehead atoms. The van der Waals surface area contributed by atoms with E-state index in [1.807, 2.05) is 6.07 Å². The lowest BCUT2D eigenvalue weighted by atomic mass is 10.2. The van der Waals surface area contributed by atoms with E-state index < -0.39 is 4.92 Å². The van der Waals surface area contributed by atoms with Crippen molar-refractivity contribution in [2.75, 3.05) is 11.9 Å². The number of hydrogen-bond acceptors (Lipinski definition) is 5. The van der Waals surface area contributed by atoms with E-state index in [4.69, 9.17) is 5.26 Å². The van der Waals surface area contributed by atoms with Gasteiger partial charge in [0.2, 0.25) is 5.82 Å². The van der Waals surface area contributed by atoms with Crippen molar-refractivity contribution in [3.63, 3.8) is 0 Å². The Morgan fingerprint density at radius 2 is 2.44 bits per heavy atom. The highest BCUT2D eigenvalue weighted by Crippen LogP contribution is 2.30. The molecule has 16 heavy (non-hydrogen) atoms. The number of nitrogens with one attached hydrogen (secondary N) is 1. The summed E-state index contributed by atoms with van der Waals surface area (Å²) in [5.74, 6) is 0.855. The number of pyridine rings is 1. The van der Waals surface area contributed by atoms with E-state index in [1.54, 1.807) is 0 Å². The van der Waals surface area contributed by atoms with Crippen LogP contribution >= 0.6 is 0 Å². The summed E-state index contributed by atoms with van der Waals surface area (Å²) in [5, 5.41) is 22.3. The summed E-state index contributed by atoms with van der Waals surface area (Å²) in [4.78, 5) is 14.1. The van der Waals surface area contributed by atoms with Gasteiger partial charge in [-0.1, -0.05) is 0 Å². The number of nitrogens with zero attached hydrogens (tertiary/aromatic N) is 3. The van der Waals surface area contributed by atoms with Crippen molar-refractivity contribution in [1.29, 1.82) is 5.26 Å². The van der Waals surface area contributed by atoms with Gasteiger partial charge in [-0.15, -0.1) is 0 Å². The standard InChI is InChI=1S/C10H10N4O2/c11-4-8-3-9(14(15)16)10(13-6-8)12-5-7-1-2-7/h3,6-7H,1-2,5H2,(H,12,13). The SMILES string of the molecule is N#Cc1cnc(NCC2CC2)c([N+](=O)[O-])c1. The summed E-state index contributed by atoms with van der Waals surface area (Å²) < 4.78 is 0. The number of aromatic nitrogens is 1. The average Bonchev–Trinajstić information content (AvgIpc) is 3.09. The largest absolute Gasteiger partial charge is 0.364 e. The highest BCUT2D eigenvalue weighted by atomic mass is 16.6. The number of rotatable bonds is 4. The normalized spacial score (nSPS) is 14.2. The first-order valence-corrected chi connectivity index (χ1v) is 4.99. The van der Waals surface area contributed by atoms with E-state index >= 15 is 0 Å². The number of nitriles is 1. The molecule has 0 aromatic carbocycles. The van der Waals surface area contributed by atoms with Gasteiger partial charge >= 0.3 is 5.69 Å². The first-order valence-electron chi connectivity index (χ1n) is 4.99. The van der Waals surface area contributed by atoms with E-state index in [0.29, 0.717) is 12.5 Å². The smallest absolute Gasteiger partial charge is 0.312 e. The maximum atomic E-state index is 10.8. The third kappa shape index (κ3) is 2.25. The average molecular weight is 218 g/mol. The van der Waals surface area contributed by atoms with Crippen LogP contribution in [0.25, 0.3) is 0 Å². The van der Waals surface area contributed by atoms with Crippen molar-refractivity contribution in [3.8, 4) is 6.07 Å². The number of nitro groups is 1. The maximum Gasteiger partial charge on any atom is 0.312 e. The van der Waals surface area contributed by atoms with Gasteiger partial charge in [0, 0.05) is 18.8 Å². The number of hydrogen-bond donors (Lipinski definition) is 1. The fraction of sp³-hybridized carbons (Fsp3) is 0.400. The first kappa shape index (κ1) is 10.4. The molecule has 6 heteroatoms. The van der Waals surface area contributed by atoms with Gasteiger partial charge < -0.3 is 5.32 Å². The van der Waals surface area contributed by atoms with Crippen LogP contribution in [-0.4, -0.2) is 16.5 Å². The van der Waals surface area contributed by atoms with Gasteiger partial charge in [0.05, 0.1) is 10.5 Å². The molecule has 1 aromatic heterocycles. The second-order valence-corrected chi connectivity index (χ2v) is 3.78. The van der Waals surface area contributed by atoms with Crippen LogP contribution in [-0.2, 0) is 0 Å². The van der Waals surface area contributed by atoms with Crippen LogP contribution in [0, 0.1) is 27.4 Å². The quantitative estimate of drug-likeness (QED) is 0.613. The third-order valence-electron chi connectivity index (χ3n) is 2.45. The fourth-order valence-corrected chi connectivity index (χ4v) is 1.35. The Morgan fingerprint density at radius 1 is 1.69 bits per heavy atom. The Bertz CT molecular complexity index is 462. The Balaban J connectivity index is 2.21. The second-order valence-electron chi connectivity index (χ2n) is 3.78. The fourth-order valence-electron chi connectivity index (χ4n) is 1.35. The Kier molecular flexibility index (Phi) is 2.68. The first-order chi connectivity index (χ1) is 7.70. The molecule has 1 aliphatic rings. The molecule has 0 aliphatic heterocycles. The van der Waals surface area contributed by atoms with Crippen molar-refractivity contribution in [2.45, 2.75) is 12.8 Å². The molecule has 0 saturated heterocycles. The predicted molar refractivity (Wildman–Crippen MR) is 56.8 cm³/mol. The summed E-state index contributed by atoms with van der Waals surface area (Å²) in [6.07, 6.45) is 3.66. The van der Waals surface area contributed by atoms with Crippen LogP contribution in [0.2, 0.25) is 0 Å². The summed E-state index contributed by atoms with van der Waals surface area (Å²) in [6.45, 7) is 0.708. The van der Waals surface area contributed by atoms with Crippen molar-refractivity contribution >= 4 is 11.5 Å². The minimum atomic E-state index is -0.525. The number of anilines is 1. The van der Waals surface area contributed by atoms with Crippen molar-refractivity contribution in [2.24, 2.45) is 5.92 Å². The van der Waals surface area contributed by atoms with Gasteiger partial charge in [0.25, 0.3) is 0 Å². The highest BCUT2D eigenvalue weighted by Gasteiger charge is 2.23. The molecule has 6 nitrogen and oxygen atoms in total. The molecule has 0 radical (unpaired) electrons. The van der Waals surface area contributed by atoms with Crippen LogP contribution in [0.4, 0.5) is 11.5 Å². The minimum Gasteiger partial charge on any atom is -0.364 e. The molecule has 1 aromatic rings. The van der Waals surface area contributed by atoms with Gasteiger partial charge in [-0.3, -0.25) is 10.1 Å². The Morgan fingerprint density at radius 3 is 3.00 bits per heavy atom. The van der Waals surface area contributed by atoms with E-state index in [2.05, 4.69) is 10.3 Å². The zero-order valence-corrected chi connectivity index (χ0v) is 8.51. The van der Waals surface area contributed by atoms with Crippen molar-refractivity contribution < 1.29 is 4.92 Å². The van der Waals surface area contributed by atoms with Crippen LogP contribution in [0.1, 0.15) is 18.4 Å². The van der Waals surface area contributed by atoms with E-state index in [9.17, 15) is 10.1 Å². The van der Waals surface area contributed by atoms with Crippen LogP contribution < -0.4 is 5.32 Å². The van der Waals surface area contributed by atoms with Crippen molar-refractivity contribution in [3.05, 3.63) is 27.9 Å². The van der Waals surface area contributed by atoms with Gasteiger partial charge in [-0.2, -0.15) is 5.26 Å². The molecule has 0 amide bonds. The molecule has 1 heterocycles. The second kappa shape index (κ2) is 4.14. The van der Waals surface area contributed by atoms with E-state index in [1.165, 1.54) is 12.3 Å². The Labute approximate surface area is 92.1 Å². The Hall–Kier alpha value is -2.16. The van der Waals surface area contributed by atoms with E-state index in [0.717, 1.165) is 12.8 Å². The van der Waals surface area contributed by atoms with Crippen LogP contribution in [0.3, 0.4) is 0 Å². The molecule has 1 fully saturated rings. The predicted octanol–water partition coefficient (Wildman–Crippen LogP) is 1.68. The molecular weight excluding hydrogens is 208 g/mol. The lowest BCUT2D eigenvalue weighted by Crippen LogP contribution is -2.07. The molecule has 82 valence electrons. The van der Waals surface area contributed by atoms with Crippen molar-refractivity contribution in [1.82, 2.24) is 4.98 Å². The van der Waals surface area contributed by atoms with Gasteiger partial charge in [0.15, 0.2) is 0 Å². The summed E-state index contributed by atoms with van der Waals surface area (Å²) in [5.41, 5.74) is 0.0587. The molecule has 1 aliphatic carbocycles.